The van der Waals surface area contributed by atoms with Crippen LogP contribution in [-0.2, 0) is 14.3 Å². The molecular weight excluding hydrogens is 450 g/mol. The monoisotopic (exact) mass is 476 g/mol. The van der Waals surface area contributed by atoms with Gasteiger partial charge in [-0.1, -0.05) is 11.6 Å². The van der Waals surface area contributed by atoms with Crippen molar-refractivity contribution >= 4 is 46.2 Å². The molecule has 1 saturated heterocycles. The average Bonchev–Trinajstić information content (AvgIpc) is 2.80. The van der Waals surface area contributed by atoms with E-state index in [1.54, 1.807) is 14.0 Å². The van der Waals surface area contributed by atoms with Gasteiger partial charge in [-0.3, -0.25) is 19.7 Å². The van der Waals surface area contributed by atoms with Crippen LogP contribution in [0.4, 0.5) is 22.7 Å². The zero-order chi connectivity index (χ0) is 24.0. The smallest absolute Gasteiger partial charge is 0.282 e. The van der Waals surface area contributed by atoms with Crippen molar-refractivity contribution in [1.29, 1.82) is 0 Å². The number of amides is 2. The van der Waals surface area contributed by atoms with Crippen molar-refractivity contribution in [1.82, 2.24) is 0 Å². The summed E-state index contributed by atoms with van der Waals surface area (Å²) in [6, 6.07) is 10.8. The highest BCUT2D eigenvalue weighted by molar-refractivity contribution is 6.33. The first-order valence-electron chi connectivity index (χ1n) is 10.5. The van der Waals surface area contributed by atoms with Crippen LogP contribution in [-0.4, -0.2) is 62.7 Å². The summed E-state index contributed by atoms with van der Waals surface area (Å²) in [5.41, 5.74) is 1.72. The van der Waals surface area contributed by atoms with Crippen molar-refractivity contribution in [2.24, 2.45) is 0 Å². The molecule has 0 radical (unpaired) electrons. The number of anilines is 3. The lowest BCUT2D eigenvalue weighted by atomic mass is 10.2. The lowest BCUT2D eigenvalue weighted by Crippen LogP contribution is -3.14. The number of rotatable bonds is 8. The number of morpholine rings is 1. The van der Waals surface area contributed by atoms with Crippen LogP contribution in [0.5, 0.6) is 0 Å². The number of halogens is 1. The molecule has 3 N–H and O–H groups in total. The van der Waals surface area contributed by atoms with E-state index in [9.17, 15) is 19.7 Å². The third kappa shape index (κ3) is 6.64. The fourth-order valence-corrected chi connectivity index (χ4v) is 3.54. The molecule has 3 rings (SSSR count). The van der Waals surface area contributed by atoms with Gasteiger partial charge >= 0.3 is 0 Å². The molecule has 2 aromatic rings. The van der Waals surface area contributed by atoms with E-state index in [0.717, 1.165) is 18.8 Å². The number of carbonyl (C=O) groups excluding carboxylic acids is 2. The second-order valence-corrected chi connectivity index (χ2v) is 8.26. The molecule has 2 aromatic carbocycles. The number of ether oxygens (including phenoxy) is 1. The number of quaternary nitrogens is 1. The van der Waals surface area contributed by atoms with Gasteiger partial charge in [0.1, 0.15) is 0 Å². The van der Waals surface area contributed by atoms with Crippen molar-refractivity contribution in [3.63, 3.8) is 0 Å². The molecule has 2 atom stereocenters. The van der Waals surface area contributed by atoms with Gasteiger partial charge in [-0.05, 0) is 37.3 Å². The number of nitrogens with one attached hydrogen (secondary N) is 3. The zero-order valence-corrected chi connectivity index (χ0v) is 19.2. The molecule has 0 saturated carbocycles. The minimum absolute atomic E-state index is 0.0580. The van der Waals surface area contributed by atoms with Gasteiger partial charge < -0.3 is 25.2 Å². The maximum absolute atomic E-state index is 12.6. The van der Waals surface area contributed by atoms with E-state index in [-0.39, 0.29) is 28.8 Å². The number of hydrogen-bond acceptors (Lipinski definition) is 6. The number of non-ortho nitro benzene ring substituents is 1. The van der Waals surface area contributed by atoms with Crippen molar-refractivity contribution < 1.29 is 24.1 Å². The van der Waals surface area contributed by atoms with Crippen LogP contribution in [0.1, 0.15) is 6.92 Å². The lowest BCUT2D eigenvalue weighted by Gasteiger charge is -2.28. The second-order valence-electron chi connectivity index (χ2n) is 7.85. The van der Waals surface area contributed by atoms with Gasteiger partial charge in [0, 0.05) is 36.6 Å². The number of nitro groups is 1. The normalized spacial score (nSPS) is 15.4. The maximum Gasteiger partial charge on any atom is 0.282 e. The predicted molar refractivity (Wildman–Crippen MR) is 126 cm³/mol. The number of benzene rings is 2. The quantitative estimate of drug-likeness (QED) is 0.393. The van der Waals surface area contributed by atoms with Crippen LogP contribution in [0.25, 0.3) is 0 Å². The Morgan fingerprint density at radius 3 is 2.48 bits per heavy atom. The van der Waals surface area contributed by atoms with Crippen LogP contribution in [0.15, 0.2) is 42.5 Å². The third-order valence-corrected chi connectivity index (χ3v) is 5.85. The van der Waals surface area contributed by atoms with Crippen LogP contribution in [0.3, 0.4) is 0 Å². The summed E-state index contributed by atoms with van der Waals surface area (Å²) in [4.78, 5) is 38.4. The predicted octanol–water partition coefficient (Wildman–Crippen LogP) is 1.57. The van der Waals surface area contributed by atoms with E-state index in [1.807, 2.05) is 24.3 Å². The SMILES string of the molecule is C[C@@H](C(=O)Nc1cc([N+](=O)[O-])ccc1Cl)[NH+](C)CC(=O)Nc1ccc(N2CCOCC2)cc1. The Morgan fingerprint density at radius 2 is 1.85 bits per heavy atom. The van der Waals surface area contributed by atoms with Gasteiger partial charge in [0.25, 0.3) is 17.5 Å². The Morgan fingerprint density at radius 1 is 1.18 bits per heavy atom. The minimum Gasteiger partial charge on any atom is -0.378 e. The van der Waals surface area contributed by atoms with Crippen molar-refractivity contribution in [3.05, 3.63) is 57.6 Å². The summed E-state index contributed by atoms with van der Waals surface area (Å²) in [5, 5.41) is 16.6. The molecule has 11 heteroatoms. The highest BCUT2D eigenvalue weighted by atomic mass is 35.5. The first kappa shape index (κ1) is 24.4. The first-order valence-corrected chi connectivity index (χ1v) is 10.9. The molecule has 2 amide bonds. The number of carbonyl (C=O) groups is 2. The molecule has 1 fully saturated rings. The number of hydrogen-bond donors (Lipinski definition) is 3. The number of likely N-dealkylation sites (N-methyl/N-ethyl adjacent to an activating group) is 1. The molecule has 0 aromatic heterocycles. The van der Waals surface area contributed by atoms with E-state index >= 15 is 0 Å². The molecule has 1 aliphatic heterocycles. The van der Waals surface area contributed by atoms with Gasteiger partial charge in [-0.15, -0.1) is 0 Å². The second kappa shape index (κ2) is 11.1. The molecule has 0 spiro atoms. The van der Waals surface area contributed by atoms with Crippen molar-refractivity contribution in [2.75, 3.05) is 55.4 Å². The summed E-state index contributed by atoms with van der Waals surface area (Å²) < 4.78 is 5.36. The zero-order valence-electron chi connectivity index (χ0n) is 18.5. The van der Waals surface area contributed by atoms with Crippen molar-refractivity contribution in [3.8, 4) is 0 Å². The Balaban J connectivity index is 1.53. The molecule has 10 nitrogen and oxygen atoms in total. The van der Waals surface area contributed by atoms with E-state index in [4.69, 9.17) is 16.3 Å². The van der Waals surface area contributed by atoms with Gasteiger partial charge in [0.15, 0.2) is 12.6 Å². The summed E-state index contributed by atoms with van der Waals surface area (Å²) in [5.74, 6) is -0.641. The van der Waals surface area contributed by atoms with E-state index < -0.39 is 16.9 Å². The summed E-state index contributed by atoms with van der Waals surface area (Å²) in [6.45, 7) is 4.80. The fourth-order valence-electron chi connectivity index (χ4n) is 3.38. The van der Waals surface area contributed by atoms with Crippen LogP contribution < -0.4 is 20.4 Å². The molecule has 0 bridgehead atoms. The topological polar surface area (TPSA) is 118 Å². The third-order valence-electron chi connectivity index (χ3n) is 5.52. The first-order chi connectivity index (χ1) is 15.7. The Kier molecular flexibility index (Phi) is 8.21. The van der Waals surface area contributed by atoms with Gasteiger partial charge in [0.05, 0.1) is 35.9 Å². The Labute approximate surface area is 196 Å². The van der Waals surface area contributed by atoms with E-state index in [1.165, 1.54) is 18.2 Å². The molecule has 0 aliphatic carbocycles. The van der Waals surface area contributed by atoms with E-state index in [0.29, 0.717) is 23.8 Å². The molecule has 176 valence electrons. The minimum atomic E-state index is -0.602. The molecule has 1 heterocycles. The van der Waals surface area contributed by atoms with Gasteiger partial charge in [0.2, 0.25) is 0 Å². The number of nitro benzene ring substituents is 1. The summed E-state index contributed by atoms with van der Waals surface area (Å²) in [6.07, 6.45) is 0. The lowest BCUT2D eigenvalue weighted by molar-refractivity contribution is -0.885. The van der Waals surface area contributed by atoms with Crippen molar-refractivity contribution in [2.45, 2.75) is 13.0 Å². The van der Waals surface area contributed by atoms with Crippen LogP contribution in [0, 0.1) is 10.1 Å². The molecular formula is C22H27ClN5O5+. The summed E-state index contributed by atoms with van der Waals surface area (Å²) in [7, 11) is 1.72. The Bertz CT molecular complexity index is 1010. The Hall–Kier alpha value is -3.21. The van der Waals surface area contributed by atoms with Crippen LogP contribution >= 0.6 is 11.6 Å². The molecule has 1 unspecified atom stereocenters. The highest BCUT2D eigenvalue weighted by Gasteiger charge is 2.25. The average molecular weight is 477 g/mol. The standard InChI is InChI=1S/C22H26ClN5O5/c1-15(22(30)25-20-13-18(28(31)32)7-8-19(20)23)26(2)14-21(29)24-16-3-5-17(6-4-16)27-9-11-33-12-10-27/h3-8,13,15H,9-12,14H2,1-2H3,(H,24,29)(H,25,30)/p+1/t15-/m0/s1. The maximum atomic E-state index is 12.6. The van der Waals surface area contributed by atoms with Crippen LogP contribution in [0.2, 0.25) is 5.02 Å². The van der Waals surface area contributed by atoms with Gasteiger partial charge in [-0.25, -0.2) is 0 Å². The summed E-state index contributed by atoms with van der Waals surface area (Å²) >= 11 is 6.05. The van der Waals surface area contributed by atoms with E-state index in [2.05, 4.69) is 15.5 Å². The fraction of sp³-hybridized carbons (Fsp3) is 0.364. The highest BCUT2D eigenvalue weighted by Crippen LogP contribution is 2.26. The largest absolute Gasteiger partial charge is 0.378 e. The molecule has 1 aliphatic rings. The van der Waals surface area contributed by atoms with Gasteiger partial charge in [-0.2, -0.15) is 0 Å². The molecule has 33 heavy (non-hydrogen) atoms. The number of nitrogens with zero attached hydrogens (tertiary/aromatic N) is 2.